The van der Waals surface area contributed by atoms with Gasteiger partial charge in [-0.15, -0.1) is 0 Å². The lowest BCUT2D eigenvalue weighted by atomic mass is 10.1. The van der Waals surface area contributed by atoms with Crippen molar-refractivity contribution in [2.24, 2.45) is 11.1 Å². The van der Waals surface area contributed by atoms with Gasteiger partial charge >= 0.3 is 0 Å². The molecule has 27 heavy (non-hydrogen) atoms. The van der Waals surface area contributed by atoms with E-state index < -0.39 is 0 Å². The normalized spacial score (nSPS) is 18.6. The molecule has 1 fully saturated rings. The van der Waals surface area contributed by atoms with Crippen LogP contribution in [0.5, 0.6) is 5.75 Å². The molecule has 6 heteroatoms. The average Bonchev–Trinajstić information content (AvgIpc) is 3.46. The molecule has 1 amide bonds. The van der Waals surface area contributed by atoms with E-state index in [1.54, 1.807) is 19.5 Å². The minimum Gasteiger partial charge on any atom is -0.497 e. The summed E-state index contributed by atoms with van der Waals surface area (Å²) in [5, 5.41) is 4.21. The number of aromatic nitrogens is 1. The van der Waals surface area contributed by atoms with Gasteiger partial charge in [-0.2, -0.15) is 0 Å². The van der Waals surface area contributed by atoms with Crippen LogP contribution in [0.1, 0.15) is 30.4 Å². The zero-order chi connectivity index (χ0) is 18.6. The molecule has 0 spiro atoms. The molecule has 1 aliphatic heterocycles. The molecule has 2 aromatic rings. The van der Waals surface area contributed by atoms with Crippen LogP contribution in [0.4, 0.5) is 0 Å². The van der Waals surface area contributed by atoms with Crippen LogP contribution in [0.3, 0.4) is 0 Å². The molecule has 2 heterocycles. The van der Waals surface area contributed by atoms with Crippen LogP contribution < -0.4 is 4.74 Å². The maximum Gasteiger partial charge on any atom is 0.226 e. The van der Waals surface area contributed by atoms with E-state index in [-0.39, 0.29) is 17.9 Å². The Bertz CT molecular complexity index is 834. The summed E-state index contributed by atoms with van der Waals surface area (Å²) in [6.45, 7) is 1.08. The molecular weight excluding hydrogens is 342 g/mol. The number of oxime groups is 1. The monoisotopic (exact) mass is 365 g/mol. The highest BCUT2D eigenvalue weighted by Crippen LogP contribution is 2.32. The molecule has 0 radical (unpaired) electrons. The molecule has 1 aromatic carbocycles. The third-order valence-electron chi connectivity index (χ3n) is 4.90. The third-order valence-corrected chi connectivity index (χ3v) is 4.90. The number of hydrogen-bond donors (Lipinski definition) is 0. The number of hydrogen-bond acceptors (Lipinski definition) is 5. The van der Waals surface area contributed by atoms with Crippen molar-refractivity contribution < 1.29 is 14.4 Å². The lowest BCUT2D eigenvalue weighted by Crippen LogP contribution is -2.38. The molecule has 0 N–H and O–H groups in total. The van der Waals surface area contributed by atoms with E-state index in [0.29, 0.717) is 19.5 Å². The Hall–Kier alpha value is -2.89. The maximum atomic E-state index is 12.8. The number of methoxy groups -OCH3 is 1. The third kappa shape index (κ3) is 4.27. The summed E-state index contributed by atoms with van der Waals surface area (Å²) in [6.07, 6.45) is 6.04. The standard InChI is InChI=1S/C21H23N3O3/c1-26-18-6-2-4-15(10-18)13-24(21(25)16-7-8-16)14-19-11-20(23-27-19)17-5-3-9-22-12-17/h2-6,9-10,12,16,19H,7-8,11,13-14H2,1H3. The van der Waals surface area contributed by atoms with Gasteiger partial charge in [0.2, 0.25) is 5.91 Å². The fourth-order valence-electron chi connectivity index (χ4n) is 3.29. The topological polar surface area (TPSA) is 64.0 Å². The van der Waals surface area contributed by atoms with Gasteiger partial charge in [0.25, 0.3) is 0 Å². The van der Waals surface area contributed by atoms with Crippen molar-refractivity contribution in [3.8, 4) is 5.75 Å². The number of benzene rings is 1. The van der Waals surface area contributed by atoms with Crippen molar-refractivity contribution >= 4 is 11.6 Å². The molecule has 140 valence electrons. The van der Waals surface area contributed by atoms with Crippen molar-refractivity contribution in [1.82, 2.24) is 9.88 Å². The number of carbonyl (C=O) groups excluding carboxylic acids is 1. The van der Waals surface area contributed by atoms with E-state index in [0.717, 1.165) is 35.4 Å². The molecule has 6 nitrogen and oxygen atoms in total. The predicted molar refractivity (Wildman–Crippen MR) is 101 cm³/mol. The van der Waals surface area contributed by atoms with Gasteiger partial charge in [0.15, 0.2) is 6.10 Å². The Morgan fingerprint density at radius 3 is 2.93 bits per heavy atom. The summed E-state index contributed by atoms with van der Waals surface area (Å²) in [4.78, 5) is 24.5. The van der Waals surface area contributed by atoms with Crippen LogP contribution >= 0.6 is 0 Å². The van der Waals surface area contributed by atoms with E-state index >= 15 is 0 Å². The minimum absolute atomic E-state index is 0.131. The second-order valence-corrected chi connectivity index (χ2v) is 7.06. The number of carbonyl (C=O) groups is 1. The van der Waals surface area contributed by atoms with Gasteiger partial charge in [0.05, 0.1) is 19.4 Å². The Kier molecular flexibility index (Phi) is 5.05. The number of amides is 1. The number of nitrogens with zero attached hydrogens (tertiary/aromatic N) is 3. The summed E-state index contributed by atoms with van der Waals surface area (Å²) in [7, 11) is 1.65. The van der Waals surface area contributed by atoms with E-state index in [2.05, 4.69) is 10.1 Å². The second-order valence-electron chi connectivity index (χ2n) is 7.06. The molecule has 1 aliphatic carbocycles. The molecule has 1 saturated carbocycles. The van der Waals surface area contributed by atoms with Crippen molar-refractivity contribution in [2.45, 2.75) is 31.9 Å². The van der Waals surface area contributed by atoms with Crippen LogP contribution in [-0.2, 0) is 16.2 Å². The van der Waals surface area contributed by atoms with Crippen molar-refractivity contribution in [1.29, 1.82) is 0 Å². The first kappa shape index (κ1) is 17.5. The summed E-state index contributed by atoms with van der Waals surface area (Å²) < 4.78 is 5.30. The van der Waals surface area contributed by atoms with Crippen LogP contribution in [0.2, 0.25) is 0 Å². The lowest BCUT2D eigenvalue weighted by Gasteiger charge is -2.25. The molecule has 1 aromatic heterocycles. The maximum absolute atomic E-state index is 12.8. The molecule has 4 rings (SSSR count). The summed E-state index contributed by atoms with van der Waals surface area (Å²) in [5.41, 5.74) is 2.90. The van der Waals surface area contributed by atoms with Gasteiger partial charge in [-0.05, 0) is 42.7 Å². The first-order valence-corrected chi connectivity index (χ1v) is 9.27. The molecule has 0 saturated heterocycles. The van der Waals surface area contributed by atoms with E-state index in [9.17, 15) is 4.79 Å². The minimum atomic E-state index is -0.131. The number of ether oxygens (including phenoxy) is 1. The Balaban J connectivity index is 1.43. The molecule has 0 bridgehead atoms. The highest BCUT2D eigenvalue weighted by molar-refractivity contribution is 6.01. The van der Waals surface area contributed by atoms with Crippen LogP contribution in [-0.4, -0.2) is 41.3 Å². The molecule has 1 unspecified atom stereocenters. The average molecular weight is 365 g/mol. The Labute approximate surface area is 158 Å². The first-order valence-electron chi connectivity index (χ1n) is 9.27. The van der Waals surface area contributed by atoms with Gasteiger partial charge in [-0.3, -0.25) is 9.78 Å². The highest BCUT2D eigenvalue weighted by atomic mass is 16.6. The number of rotatable bonds is 7. The fraction of sp³-hybridized carbons (Fsp3) is 0.381. The first-order chi connectivity index (χ1) is 13.2. The van der Waals surface area contributed by atoms with E-state index in [4.69, 9.17) is 9.57 Å². The van der Waals surface area contributed by atoms with Crippen molar-refractivity contribution in [3.05, 3.63) is 59.9 Å². The smallest absolute Gasteiger partial charge is 0.226 e. The summed E-state index contributed by atoms with van der Waals surface area (Å²) in [6, 6.07) is 11.7. The zero-order valence-electron chi connectivity index (χ0n) is 15.4. The van der Waals surface area contributed by atoms with Crippen LogP contribution in [0.15, 0.2) is 53.9 Å². The van der Waals surface area contributed by atoms with E-state index in [1.165, 1.54) is 0 Å². The number of pyridine rings is 1. The van der Waals surface area contributed by atoms with Gasteiger partial charge < -0.3 is 14.5 Å². The molecular formula is C21H23N3O3. The second kappa shape index (κ2) is 7.78. The molecule has 1 atom stereocenters. The fourth-order valence-corrected chi connectivity index (χ4v) is 3.29. The Morgan fingerprint density at radius 2 is 2.19 bits per heavy atom. The largest absolute Gasteiger partial charge is 0.497 e. The lowest BCUT2D eigenvalue weighted by molar-refractivity contribution is -0.135. The van der Waals surface area contributed by atoms with E-state index in [1.807, 2.05) is 41.3 Å². The van der Waals surface area contributed by atoms with Gasteiger partial charge in [-0.25, -0.2) is 0 Å². The van der Waals surface area contributed by atoms with Crippen molar-refractivity contribution in [3.63, 3.8) is 0 Å². The van der Waals surface area contributed by atoms with Gasteiger partial charge in [0.1, 0.15) is 5.75 Å². The van der Waals surface area contributed by atoms with Gasteiger partial charge in [-0.1, -0.05) is 17.3 Å². The van der Waals surface area contributed by atoms with Gasteiger partial charge in [0, 0.05) is 36.8 Å². The zero-order valence-corrected chi connectivity index (χ0v) is 15.4. The summed E-state index contributed by atoms with van der Waals surface area (Å²) in [5.74, 6) is 1.16. The SMILES string of the molecule is COc1cccc(CN(CC2CC(c3cccnc3)=NO2)C(=O)C2CC2)c1. The molecule has 2 aliphatic rings. The highest BCUT2D eigenvalue weighted by Gasteiger charge is 2.35. The van der Waals surface area contributed by atoms with Crippen LogP contribution in [0.25, 0.3) is 0 Å². The summed E-state index contributed by atoms with van der Waals surface area (Å²) >= 11 is 0. The Morgan fingerprint density at radius 1 is 1.30 bits per heavy atom. The quantitative estimate of drug-likeness (QED) is 0.757. The van der Waals surface area contributed by atoms with Crippen LogP contribution in [0, 0.1) is 5.92 Å². The van der Waals surface area contributed by atoms with Crippen molar-refractivity contribution in [2.75, 3.05) is 13.7 Å². The predicted octanol–water partition coefficient (Wildman–Crippen LogP) is 3.02.